The summed E-state index contributed by atoms with van der Waals surface area (Å²) in [5, 5.41) is 0. The molecule has 0 spiro atoms. The van der Waals surface area contributed by atoms with Crippen LogP contribution < -0.4 is 0 Å². The predicted octanol–water partition coefficient (Wildman–Crippen LogP) is -0.417. The minimum Gasteiger partial charge on any atom is -2.00 e. The Kier molecular flexibility index (Phi) is 7.45. The van der Waals surface area contributed by atoms with Crippen molar-refractivity contribution < 1.29 is 10.3 Å². The van der Waals surface area contributed by atoms with Crippen LogP contribution in [0.15, 0.2) is 0 Å². The molecule has 0 rings (SSSR count). The fourth-order valence-electron chi connectivity index (χ4n) is 0. The summed E-state index contributed by atoms with van der Waals surface area (Å²) in [4.78, 5) is 9.41. The molecule has 0 bridgehead atoms. The molecule has 0 N–H and O–H groups in total. The van der Waals surface area contributed by atoms with Gasteiger partial charge in [-0.15, -0.1) is 0 Å². The van der Waals surface area contributed by atoms with Gasteiger partial charge in [-0.25, -0.2) is 0 Å². The van der Waals surface area contributed by atoms with Crippen molar-refractivity contribution in [3.63, 3.8) is 0 Å². The number of carbonyl (C=O) groups excluding carboxylic acids is 1. The summed E-state index contributed by atoms with van der Waals surface area (Å²) in [6.07, 6.45) is 0. The van der Waals surface area contributed by atoms with Crippen LogP contribution in [0.3, 0.4) is 0 Å². The average molecular weight is 86.0 g/mol. The van der Waals surface area contributed by atoms with Gasteiger partial charge < -0.3 is 5.48 Å². The van der Waals surface area contributed by atoms with Crippen molar-refractivity contribution in [3.8, 4) is 0 Å². The van der Waals surface area contributed by atoms with Crippen LogP contribution in [0.5, 0.6) is 0 Å². The summed E-state index contributed by atoms with van der Waals surface area (Å²) in [6, 6.07) is 0. The third kappa shape index (κ3) is 737. The van der Waals surface area contributed by atoms with Gasteiger partial charge in [-0.05, 0) is 0 Å². The first-order valence-corrected chi connectivity index (χ1v) is 1.57. The number of carbonyl (C=O) groups is 1. The summed E-state index contributed by atoms with van der Waals surface area (Å²) < 4.78 is 0.0833. The second-order valence-electron chi connectivity index (χ2n) is 0.611. The summed E-state index contributed by atoms with van der Waals surface area (Å²) >= 11 is 2.02. The largest absolute Gasteiger partial charge is 2.00 e. The maximum atomic E-state index is 9.41. The van der Waals surface area contributed by atoms with Crippen LogP contribution in [0, 0.1) is 0 Å². The van der Waals surface area contributed by atoms with E-state index in [0.717, 1.165) is 0 Å². The standard InChI is InChI=1S/C2H3O.Al.O/c1-2-3;;/h1H3;;/q;+2;-2. The Morgan fingerprint density at radius 3 is 1.80 bits per heavy atom. The smallest absolute Gasteiger partial charge is 2.00 e. The Hall–Kier alpha value is 0.162. The van der Waals surface area contributed by atoms with Crippen LogP contribution in [0.25, 0.3) is 0 Å². The molecule has 0 aromatic heterocycles. The van der Waals surface area contributed by atoms with Crippen LogP contribution in [0.2, 0.25) is 0 Å². The molecule has 0 fully saturated rings. The first kappa shape index (κ1) is 8.94. The van der Waals surface area contributed by atoms with Gasteiger partial charge in [-0.1, -0.05) is 0 Å². The van der Waals surface area contributed by atoms with Gasteiger partial charge in [0.15, 0.2) is 0 Å². The van der Waals surface area contributed by atoms with Crippen LogP contribution in [0.1, 0.15) is 6.92 Å². The fourth-order valence-corrected chi connectivity index (χ4v) is 0. The molecule has 0 amide bonds. The molecule has 0 aliphatic rings. The summed E-state index contributed by atoms with van der Waals surface area (Å²) in [6.45, 7) is 1.49. The van der Waals surface area contributed by atoms with Crippen molar-refractivity contribution in [2.45, 2.75) is 6.92 Å². The second kappa shape index (κ2) is 4.16. The van der Waals surface area contributed by atoms with E-state index in [9.17, 15) is 4.79 Å². The third-order valence-electron chi connectivity index (χ3n) is 0. The Labute approximate surface area is 38.9 Å². The Morgan fingerprint density at radius 1 is 1.80 bits per heavy atom. The van der Waals surface area contributed by atoms with Gasteiger partial charge in [0.2, 0.25) is 0 Å². The molecule has 5 heavy (non-hydrogen) atoms. The molecule has 0 saturated carbocycles. The van der Waals surface area contributed by atoms with Crippen LogP contribution in [-0.2, 0) is 10.3 Å². The molecule has 3 heteroatoms. The van der Waals surface area contributed by atoms with Crippen molar-refractivity contribution in [2.24, 2.45) is 0 Å². The topological polar surface area (TPSA) is 45.6 Å². The zero-order valence-corrected chi connectivity index (χ0v) is 4.05. The molecular weight excluding hydrogens is 83.0 g/mol. The molecule has 0 aliphatic heterocycles. The molecule has 2 nitrogen and oxygen atoms in total. The van der Waals surface area contributed by atoms with E-state index in [-0.39, 0.29) is 10.1 Å². The van der Waals surface area contributed by atoms with Gasteiger partial charge in [0, 0.05) is 0 Å². The molecular formula is C2H3AlO2. The molecule has 0 aromatic carbocycles. The average Bonchev–Trinajstić information content (AvgIpc) is 0.811. The van der Waals surface area contributed by atoms with Gasteiger partial charge in [-0.3, -0.25) is 0 Å². The van der Waals surface area contributed by atoms with E-state index < -0.39 is 0 Å². The molecule has 0 unspecified atom stereocenters. The molecule has 0 aromatic rings. The van der Waals surface area contributed by atoms with Crippen molar-refractivity contribution >= 4 is 20.9 Å². The third-order valence-corrected chi connectivity index (χ3v) is 0. The normalized spacial score (nSPS) is 5.40. The van der Waals surface area contributed by atoms with Crippen molar-refractivity contribution in [2.75, 3.05) is 0 Å². The Balaban J connectivity index is 0. The minimum absolute atomic E-state index is 0. The number of rotatable bonds is 0. The number of hydrogen-bond acceptors (Lipinski definition) is 1. The van der Waals surface area contributed by atoms with E-state index >= 15 is 0 Å². The summed E-state index contributed by atoms with van der Waals surface area (Å²) in [7, 11) is 0. The molecule has 0 saturated heterocycles. The Morgan fingerprint density at radius 2 is 1.80 bits per heavy atom. The quantitative estimate of drug-likeness (QED) is 0.369. The maximum Gasteiger partial charge on any atom is -2.00 e. The fraction of sp³-hybridized carbons (Fsp3) is 0.500. The van der Waals surface area contributed by atoms with Crippen LogP contribution >= 0.6 is 0 Å². The zero-order valence-electron chi connectivity index (χ0n) is 2.89. The molecule has 0 radical (unpaired) electrons. The van der Waals surface area contributed by atoms with E-state index in [0.29, 0.717) is 0 Å². The van der Waals surface area contributed by atoms with E-state index in [1.807, 2.05) is 16.3 Å². The van der Waals surface area contributed by atoms with Crippen LogP contribution in [-0.4, -0.2) is 20.9 Å². The van der Waals surface area contributed by atoms with Crippen molar-refractivity contribution in [1.29, 1.82) is 0 Å². The van der Waals surface area contributed by atoms with Crippen molar-refractivity contribution in [3.05, 3.63) is 0 Å². The minimum atomic E-state index is 0. The van der Waals surface area contributed by atoms with Gasteiger partial charge >= 0.3 is 32.7 Å². The first-order valence-electron chi connectivity index (χ1n) is 0.993. The molecule has 0 heterocycles. The molecule has 0 atom stereocenters. The monoisotopic (exact) mass is 86.0 g/mol. The predicted molar refractivity (Wildman–Crippen MR) is 17.1 cm³/mol. The van der Waals surface area contributed by atoms with Crippen molar-refractivity contribution in [1.82, 2.24) is 0 Å². The SMILES string of the molecule is C[C](=O)[Al+2].[O-2]. The van der Waals surface area contributed by atoms with Gasteiger partial charge in [0.05, 0.1) is 0 Å². The summed E-state index contributed by atoms with van der Waals surface area (Å²) in [5.41, 5.74) is 0. The van der Waals surface area contributed by atoms with Crippen LogP contribution in [0.4, 0.5) is 0 Å². The van der Waals surface area contributed by atoms with Gasteiger partial charge in [-0.2, -0.15) is 0 Å². The first-order chi connectivity index (χ1) is 1.73. The molecule has 0 aliphatic carbocycles. The van der Waals surface area contributed by atoms with E-state index in [2.05, 4.69) is 0 Å². The summed E-state index contributed by atoms with van der Waals surface area (Å²) in [5.74, 6) is 0. The van der Waals surface area contributed by atoms with E-state index in [4.69, 9.17) is 0 Å². The number of hydrogen-bond donors (Lipinski definition) is 0. The van der Waals surface area contributed by atoms with Gasteiger partial charge in [0.25, 0.3) is 0 Å². The van der Waals surface area contributed by atoms with E-state index in [1.54, 1.807) is 0 Å². The zero-order chi connectivity index (χ0) is 3.58. The van der Waals surface area contributed by atoms with E-state index in [1.165, 1.54) is 6.92 Å². The second-order valence-corrected chi connectivity index (χ2v) is 1.42. The molecule has 26 valence electrons. The van der Waals surface area contributed by atoms with Gasteiger partial charge in [0.1, 0.15) is 0 Å². The maximum absolute atomic E-state index is 9.41. The Bertz CT molecular complexity index is 30.6.